The summed E-state index contributed by atoms with van der Waals surface area (Å²) in [7, 11) is 0. The summed E-state index contributed by atoms with van der Waals surface area (Å²) in [6.07, 6.45) is 6.96. The van der Waals surface area contributed by atoms with Gasteiger partial charge in [0.25, 0.3) is 5.91 Å². The summed E-state index contributed by atoms with van der Waals surface area (Å²) in [5.74, 6) is 1.11. The second-order valence-corrected chi connectivity index (χ2v) is 8.65. The first kappa shape index (κ1) is 21.2. The van der Waals surface area contributed by atoms with Crippen molar-refractivity contribution in [2.24, 2.45) is 0 Å². The molecular weight excluding hydrogens is 382 g/mol. The van der Waals surface area contributed by atoms with Gasteiger partial charge in [0.15, 0.2) is 0 Å². The third-order valence-corrected chi connectivity index (χ3v) is 6.47. The SMILES string of the molecule is Cc1nc([C@@H]2CCCN(C(=O)CN3CCOCC3)C2)ncc1C(=O)N1CCCCC1. The molecular formula is C22H33N5O3. The van der Waals surface area contributed by atoms with Gasteiger partial charge < -0.3 is 14.5 Å². The second-order valence-electron chi connectivity index (χ2n) is 8.65. The zero-order valence-corrected chi connectivity index (χ0v) is 18.0. The van der Waals surface area contributed by atoms with Gasteiger partial charge in [0, 0.05) is 51.4 Å². The number of amides is 2. The van der Waals surface area contributed by atoms with Gasteiger partial charge in [-0.2, -0.15) is 0 Å². The normalized spacial score (nSPS) is 23.4. The van der Waals surface area contributed by atoms with Crippen molar-refractivity contribution in [3.8, 4) is 0 Å². The highest BCUT2D eigenvalue weighted by molar-refractivity contribution is 5.95. The number of morpholine rings is 1. The summed E-state index contributed by atoms with van der Waals surface area (Å²) < 4.78 is 5.37. The van der Waals surface area contributed by atoms with Crippen LogP contribution in [0.1, 0.15) is 59.9 Å². The number of hydrogen-bond donors (Lipinski definition) is 0. The molecule has 0 aromatic carbocycles. The minimum absolute atomic E-state index is 0.0460. The van der Waals surface area contributed by atoms with Crippen molar-refractivity contribution < 1.29 is 14.3 Å². The highest BCUT2D eigenvalue weighted by Gasteiger charge is 2.29. The van der Waals surface area contributed by atoms with Crippen LogP contribution in [-0.2, 0) is 9.53 Å². The standard InChI is InChI=1S/C22H33N5O3/c1-17-19(22(29)26-7-3-2-4-8-26)14-23-21(24-17)18-6-5-9-27(15-18)20(28)16-25-10-12-30-13-11-25/h14,18H,2-13,15-16H2,1H3/t18-/m1/s1. The second kappa shape index (κ2) is 9.83. The maximum atomic E-state index is 12.8. The fourth-order valence-corrected chi connectivity index (χ4v) is 4.62. The third-order valence-electron chi connectivity index (χ3n) is 6.47. The Morgan fingerprint density at radius 3 is 2.50 bits per heavy atom. The summed E-state index contributed by atoms with van der Waals surface area (Å²) in [4.78, 5) is 40.9. The number of hydrogen-bond acceptors (Lipinski definition) is 6. The molecule has 3 fully saturated rings. The maximum absolute atomic E-state index is 12.8. The zero-order chi connectivity index (χ0) is 20.9. The van der Waals surface area contributed by atoms with Crippen molar-refractivity contribution >= 4 is 11.8 Å². The lowest BCUT2D eigenvalue weighted by atomic mass is 9.96. The van der Waals surface area contributed by atoms with Gasteiger partial charge in [-0.25, -0.2) is 9.97 Å². The molecule has 4 heterocycles. The molecule has 4 rings (SSSR count). The molecule has 164 valence electrons. The molecule has 0 aliphatic carbocycles. The van der Waals surface area contributed by atoms with Crippen LogP contribution in [0.4, 0.5) is 0 Å². The van der Waals surface area contributed by atoms with E-state index < -0.39 is 0 Å². The monoisotopic (exact) mass is 415 g/mol. The lowest BCUT2D eigenvalue weighted by molar-refractivity contribution is -0.134. The Balaban J connectivity index is 1.38. The van der Waals surface area contributed by atoms with Crippen molar-refractivity contribution in [2.75, 3.05) is 59.0 Å². The van der Waals surface area contributed by atoms with Crippen LogP contribution in [-0.4, -0.2) is 95.5 Å². The Morgan fingerprint density at radius 2 is 1.77 bits per heavy atom. The van der Waals surface area contributed by atoms with E-state index in [4.69, 9.17) is 9.72 Å². The summed E-state index contributed by atoms with van der Waals surface area (Å²) in [6.45, 7) is 8.48. The molecule has 3 saturated heterocycles. The molecule has 3 aliphatic rings. The molecule has 1 aromatic rings. The number of aromatic nitrogens is 2. The molecule has 8 heteroatoms. The van der Waals surface area contributed by atoms with Gasteiger partial charge in [-0.3, -0.25) is 14.5 Å². The Bertz CT molecular complexity index is 759. The minimum atomic E-state index is 0.0460. The van der Waals surface area contributed by atoms with Crippen LogP contribution in [0.5, 0.6) is 0 Å². The van der Waals surface area contributed by atoms with Gasteiger partial charge in [-0.1, -0.05) is 0 Å². The van der Waals surface area contributed by atoms with Crippen LogP contribution in [0.25, 0.3) is 0 Å². The first-order chi connectivity index (χ1) is 14.6. The van der Waals surface area contributed by atoms with Crippen molar-refractivity contribution in [2.45, 2.75) is 44.9 Å². The van der Waals surface area contributed by atoms with Crippen LogP contribution in [0, 0.1) is 6.92 Å². The largest absolute Gasteiger partial charge is 0.379 e. The number of carbonyl (C=O) groups excluding carboxylic acids is 2. The Hall–Kier alpha value is -2.06. The fraction of sp³-hybridized carbons (Fsp3) is 0.727. The van der Waals surface area contributed by atoms with Gasteiger partial charge in [-0.15, -0.1) is 0 Å². The summed E-state index contributed by atoms with van der Waals surface area (Å²) >= 11 is 0. The average Bonchev–Trinajstić information content (AvgIpc) is 2.80. The summed E-state index contributed by atoms with van der Waals surface area (Å²) in [6, 6.07) is 0. The van der Waals surface area contributed by atoms with E-state index >= 15 is 0 Å². The predicted octanol–water partition coefficient (Wildman–Crippen LogP) is 1.45. The van der Waals surface area contributed by atoms with Crippen LogP contribution < -0.4 is 0 Å². The molecule has 2 amide bonds. The van der Waals surface area contributed by atoms with Gasteiger partial charge in [0.2, 0.25) is 5.91 Å². The smallest absolute Gasteiger partial charge is 0.257 e. The number of nitrogens with zero attached hydrogens (tertiary/aromatic N) is 5. The molecule has 0 saturated carbocycles. The zero-order valence-electron chi connectivity index (χ0n) is 18.0. The van der Waals surface area contributed by atoms with E-state index in [1.54, 1.807) is 6.20 Å². The van der Waals surface area contributed by atoms with E-state index in [1.165, 1.54) is 6.42 Å². The molecule has 30 heavy (non-hydrogen) atoms. The van der Waals surface area contributed by atoms with Crippen molar-refractivity contribution in [1.29, 1.82) is 0 Å². The van der Waals surface area contributed by atoms with Crippen molar-refractivity contribution in [3.05, 3.63) is 23.3 Å². The lowest BCUT2D eigenvalue weighted by Crippen LogP contribution is -2.47. The van der Waals surface area contributed by atoms with Crippen molar-refractivity contribution in [3.63, 3.8) is 0 Å². The lowest BCUT2D eigenvalue weighted by Gasteiger charge is -2.34. The Kier molecular flexibility index (Phi) is 6.94. The molecule has 1 atom stereocenters. The van der Waals surface area contributed by atoms with E-state index in [-0.39, 0.29) is 17.7 Å². The highest BCUT2D eigenvalue weighted by Crippen LogP contribution is 2.25. The number of carbonyl (C=O) groups is 2. The molecule has 0 N–H and O–H groups in total. The number of piperidine rings is 2. The molecule has 0 unspecified atom stereocenters. The topological polar surface area (TPSA) is 78.9 Å². The van der Waals surface area contributed by atoms with Crippen LogP contribution in [0.2, 0.25) is 0 Å². The van der Waals surface area contributed by atoms with Gasteiger partial charge in [-0.05, 0) is 39.0 Å². The summed E-state index contributed by atoms with van der Waals surface area (Å²) in [5, 5.41) is 0. The first-order valence-electron chi connectivity index (χ1n) is 11.3. The van der Waals surface area contributed by atoms with Crippen LogP contribution >= 0.6 is 0 Å². The van der Waals surface area contributed by atoms with Crippen LogP contribution in [0.3, 0.4) is 0 Å². The number of ether oxygens (including phenoxy) is 1. The highest BCUT2D eigenvalue weighted by atomic mass is 16.5. The average molecular weight is 416 g/mol. The van der Waals surface area contributed by atoms with Gasteiger partial charge >= 0.3 is 0 Å². The molecule has 0 bridgehead atoms. The van der Waals surface area contributed by atoms with E-state index in [0.29, 0.717) is 31.9 Å². The molecule has 0 spiro atoms. The Labute approximate surface area is 178 Å². The van der Waals surface area contributed by atoms with Gasteiger partial charge in [0.1, 0.15) is 5.82 Å². The number of likely N-dealkylation sites (tertiary alicyclic amines) is 2. The third kappa shape index (κ3) is 4.98. The Morgan fingerprint density at radius 1 is 1.03 bits per heavy atom. The van der Waals surface area contributed by atoms with E-state index in [9.17, 15) is 9.59 Å². The maximum Gasteiger partial charge on any atom is 0.257 e. The van der Waals surface area contributed by atoms with Crippen molar-refractivity contribution in [1.82, 2.24) is 24.7 Å². The molecule has 3 aliphatic heterocycles. The molecule has 8 nitrogen and oxygen atoms in total. The van der Waals surface area contributed by atoms with Gasteiger partial charge in [0.05, 0.1) is 31.0 Å². The van der Waals surface area contributed by atoms with E-state index in [1.807, 2.05) is 16.7 Å². The first-order valence-corrected chi connectivity index (χ1v) is 11.3. The quantitative estimate of drug-likeness (QED) is 0.741. The fourth-order valence-electron chi connectivity index (χ4n) is 4.62. The number of aryl methyl sites for hydroxylation is 1. The minimum Gasteiger partial charge on any atom is -0.379 e. The molecule has 1 aromatic heterocycles. The number of rotatable bonds is 4. The predicted molar refractivity (Wildman–Crippen MR) is 112 cm³/mol. The summed E-state index contributed by atoms with van der Waals surface area (Å²) in [5.41, 5.74) is 1.35. The van der Waals surface area contributed by atoms with E-state index in [2.05, 4.69) is 9.88 Å². The van der Waals surface area contributed by atoms with Crippen LogP contribution in [0.15, 0.2) is 6.20 Å². The molecule has 0 radical (unpaired) electrons. The van der Waals surface area contributed by atoms with E-state index in [0.717, 1.165) is 69.9 Å².